The van der Waals surface area contributed by atoms with E-state index in [4.69, 9.17) is 45.1 Å². The molecule has 178 valence electrons. The van der Waals surface area contributed by atoms with Gasteiger partial charge in [-0.05, 0) is 61.0 Å². The number of halogens is 2. The number of hydrogen-bond acceptors (Lipinski definition) is 5. The zero-order valence-electron chi connectivity index (χ0n) is 19.1. The van der Waals surface area contributed by atoms with E-state index in [0.29, 0.717) is 34.6 Å². The summed E-state index contributed by atoms with van der Waals surface area (Å²) in [6, 6.07) is 9.89. The Hall–Kier alpha value is -1.67. The van der Waals surface area contributed by atoms with Crippen LogP contribution in [0.2, 0.25) is 10.2 Å². The van der Waals surface area contributed by atoms with E-state index in [1.54, 1.807) is 0 Å². The van der Waals surface area contributed by atoms with Crippen molar-refractivity contribution in [3.05, 3.63) is 46.1 Å². The Labute approximate surface area is 211 Å². The fourth-order valence-electron chi connectivity index (χ4n) is 5.00. The molecule has 2 aromatic rings. The van der Waals surface area contributed by atoms with Crippen molar-refractivity contribution < 1.29 is 4.74 Å². The molecule has 0 aliphatic carbocycles. The van der Waals surface area contributed by atoms with Crippen LogP contribution in [0.4, 0.5) is 11.8 Å². The zero-order valence-corrected chi connectivity index (χ0v) is 21.4. The van der Waals surface area contributed by atoms with Crippen LogP contribution in [0.5, 0.6) is 0 Å². The van der Waals surface area contributed by atoms with Gasteiger partial charge in [0, 0.05) is 49.4 Å². The minimum absolute atomic E-state index is 0.0744. The van der Waals surface area contributed by atoms with Crippen LogP contribution in [0.3, 0.4) is 0 Å². The molecule has 0 bridgehead atoms. The third kappa shape index (κ3) is 6.27. The van der Waals surface area contributed by atoms with Gasteiger partial charge in [-0.1, -0.05) is 49.2 Å². The molecular weight excluding hydrogens is 477 g/mol. The predicted octanol–water partition coefficient (Wildman–Crippen LogP) is 5.30. The molecule has 1 aromatic carbocycles. The molecule has 2 atom stereocenters. The number of thiocarbonyl (C=S) groups is 1. The van der Waals surface area contributed by atoms with E-state index in [2.05, 4.69) is 46.5 Å². The maximum atomic E-state index is 6.33. The van der Waals surface area contributed by atoms with E-state index >= 15 is 0 Å². The average Bonchev–Trinajstić information content (AvgIpc) is 2.78. The highest BCUT2D eigenvalue weighted by Crippen LogP contribution is 2.35. The van der Waals surface area contributed by atoms with Gasteiger partial charge in [-0.25, -0.2) is 4.98 Å². The van der Waals surface area contributed by atoms with Gasteiger partial charge in [0.15, 0.2) is 5.11 Å². The lowest BCUT2D eigenvalue weighted by atomic mass is 9.74. The molecule has 2 aliphatic rings. The summed E-state index contributed by atoms with van der Waals surface area (Å²) in [5, 5.41) is 8.13. The zero-order chi connectivity index (χ0) is 23.4. The molecule has 0 amide bonds. The fourth-order valence-corrected chi connectivity index (χ4v) is 5.47. The summed E-state index contributed by atoms with van der Waals surface area (Å²) < 4.78 is 5.63. The maximum Gasteiger partial charge on any atom is 0.232 e. The molecule has 0 radical (unpaired) electrons. The van der Waals surface area contributed by atoms with Gasteiger partial charge in [0.05, 0.1) is 0 Å². The van der Waals surface area contributed by atoms with Crippen LogP contribution in [0, 0.1) is 11.8 Å². The summed E-state index contributed by atoms with van der Waals surface area (Å²) in [5.74, 6) is 2.48. The minimum Gasteiger partial charge on any atom is -0.381 e. The van der Waals surface area contributed by atoms with Crippen molar-refractivity contribution in [3.63, 3.8) is 0 Å². The minimum atomic E-state index is -0.0744. The number of piperidine rings is 1. The SMILES string of the molecule is C[C@@H]1C[C@H](C)CN(c2cc(Cl)nc(NC(=S)NCC3(c4ccc(Cl)cc4)CCOCC3)n2)C1. The number of aromatic nitrogens is 2. The van der Waals surface area contributed by atoms with Gasteiger partial charge in [0.25, 0.3) is 0 Å². The van der Waals surface area contributed by atoms with Crippen molar-refractivity contribution in [2.45, 2.75) is 38.5 Å². The largest absolute Gasteiger partial charge is 0.381 e. The molecule has 4 rings (SSSR count). The quantitative estimate of drug-likeness (QED) is 0.420. The van der Waals surface area contributed by atoms with Gasteiger partial charge < -0.3 is 20.3 Å². The smallest absolute Gasteiger partial charge is 0.232 e. The van der Waals surface area contributed by atoms with Crippen molar-refractivity contribution in [2.24, 2.45) is 11.8 Å². The summed E-state index contributed by atoms with van der Waals surface area (Å²) in [4.78, 5) is 11.3. The third-order valence-corrected chi connectivity index (χ3v) is 7.29. The number of nitrogens with one attached hydrogen (secondary N) is 2. The molecule has 6 nitrogen and oxygen atoms in total. The van der Waals surface area contributed by atoms with Crippen molar-refractivity contribution >= 4 is 52.3 Å². The van der Waals surface area contributed by atoms with Crippen LogP contribution < -0.4 is 15.5 Å². The highest BCUT2D eigenvalue weighted by Gasteiger charge is 2.34. The molecule has 0 spiro atoms. The first-order valence-electron chi connectivity index (χ1n) is 11.5. The Balaban J connectivity index is 1.43. The van der Waals surface area contributed by atoms with Gasteiger partial charge in [-0.15, -0.1) is 0 Å². The topological polar surface area (TPSA) is 62.3 Å². The number of benzene rings is 1. The maximum absolute atomic E-state index is 6.33. The highest BCUT2D eigenvalue weighted by molar-refractivity contribution is 7.80. The number of rotatable bonds is 5. The molecule has 3 heterocycles. The molecule has 2 fully saturated rings. The lowest BCUT2D eigenvalue weighted by molar-refractivity contribution is 0.0515. The summed E-state index contributed by atoms with van der Waals surface area (Å²) in [6.07, 6.45) is 3.05. The Morgan fingerprint density at radius 3 is 2.45 bits per heavy atom. The number of anilines is 2. The lowest BCUT2D eigenvalue weighted by Gasteiger charge is -2.38. The molecule has 2 saturated heterocycles. The first kappa shape index (κ1) is 24.5. The fraction of sp³-hybridized carbons (Fsp3) is 0.542. The highest BCUT2D eigenvalue weighted by atomic mass is 35.5. The molecule has 0 unspecified atom stereocenters. The van der Waals surface area contributed by atoms with Crippen LogP contribution in [-0.2, 0) is 10.2 Å². The summed E-state index contributed by atoms with van der Waals surface area (Å²) in [6.45, 7) is 8.60. The van der Waals surface area contributed by atoms with Gasteiger partial charge in [-0.2, -0.15) is 4.98 Å². The second-order valence-electron chi connectivity index (χ2n) is 9.43. The van der Waals surface area contributed by atoms with Crippen LogP contribution in [-0.4, -0.2) is 47.9 Å². The van der Waals surface area contributed by atoms with Crippen LogP contribution in [0.25, 0.3) is 0 Å². The number of ether oxygens (including phenoxy) is 1. The second kappa shape index (κ2) is 10.7. The summed E-state index contributed by atoms with van der Waals surface area (Å²) in [7, 11) is 0. The van der Waals surface area contributed by atoms with E-state index in [9.17, 15) is 0 Å². The van der Waals surface area contributed by atoms with Crippen molar-refractivity contribution in [3.8, 4) is 0 Å². The van der Waals surface area contributed by atoms with Crippen molar-refractivity contribution in [2.75, 3.05) is 43.1 Å². The number of nitrogens with zero attached hydrogens (tertiary/aromatic N) is 3. The van der Waals surface area contributed by atoms with Crippen LogP contribution in [0.15, 0.2) is 30.3 Å². The van der Waals surface area contributed by atoms with Crippen molar-refractivity contribution in [1.82, 2.24) is 15.3 Å². The van der Waals surface area contributed by atoms with Crippen molar-refractivity contribution in [1.29, 1.82) is 0 Å². The molecule has 1 aromatic heterocycles. The Kier molecular flexibility index (Phi) is 7.95. The summed E-state index contributed by atoms with van der Waals surface area (Å²) >= 11 is 18.0. The lowest BCUT2D eigenvalue weighted by Crippen LogP contribution is -2.45. The summed E-state index contributed by atoms with van der Waals surface area (Å²) in [5.41, 5.74) is 1.16. The average molecular weight is 509 g/mol. The standard InChI is InChI=1S/C24H31Cl2N5OS/c1-16-11-17(2)14-31(13-16)21-12-20(26)28-22(29-21)30-23(33)27-15-24(7-9-32-10-8-24)18-3-5-19(25)6-4-18/h3-6,12,16-17H,7-11,13-15H2,1-2H3,(H2,27,28,29,30,33)/t16-,17+. The van der Waals surface area contributed by atoms with E-state index in [1.165, 1.54) is 12.0 Å². The van der Waals surface area contributed by atoms with E-state index < -0.39 is 0 Å². The molecule has 9 heteroatoms. The second-order valence-corrected chi connectivity index (χ2v) is 10.7. The van der Waals surface area contributed by atoms with E-state index in [0.717, 1.165) is 50.0 Å². The first-order valence-corrected chi connectivity index (χ1v) is 12.7. The van der Waals surface area contributed by atoms with E-state index in [-0.39, 0.29) is 5.41 Å². The first-order chi connectivity index (χ1) is 15.8. The van der Waals surface area contributed by atoms with E-state index in [1.807, 2.05) is 18.2 Å². The molecule has 0 saturated carbocycles. The van der Waals surface area contributed by atoms with Crippen LogP contribution >= 0.6 is 35.4 Å². The van der Waals surface area contributed by atoms with Gasteiger partial charge >= 0.3 is 0 Å². The normalized spacial score (nSPS) is 22.6. The predicted molar refractivity (Wildman–Crippen MR) is 140 cm³/mol. The van der Waals surface area contributed by atoms with Gasteiger partial charge in [-0.3, -0.25) is 0 Å². The Bertz CT molecular complexity index is 958. The number of hydrogen-bond donors (Lipinski definition) is 2. The third-order valence-electron chi connectivity index (χ3n) is 6.59. The Morgan fingerprint density at radius 2 is 1.79 bits per heavy atom. The van der Waals surface area contributed by atoms with Gasteiger partial charge in [0.1, 0.15) is 11.0 Å². The monoisotopic (exact) mass is 507 g/mol. The van der Waals surface area contributed by atoms with Gasteiger partial charge in [0.2, 0.25) is 5.95 Å². The molecule has 2 N–H and O–H groups in total. The molecular formula is C24H31Cl2N5OS. The molecule has 2 aliphatic heterocycles. The van der Waals surface area contributed by atoms with Crippen LogP contribution in [0.1, 0.15) is 38.7 Å². The molecule has 33 heavy (non-hydrogen) atoms. The Morgan fingerprint density at radius 1 is 1.12 bits per heavy atom.